The van der Waals surface area contributed by atoms with Gasteiger partial charge in [-0.2, -0.15) is 0 Å². The fourth-order valence-electron chi connectivity index (χ4n) is 3.29. The number of piperidine rings is 1. The lowest BCUT2D eigenvalue weighted by Gasteiger charge is -2.32. The van der Waals surface area contributed by atoms with Gasteiger partial charge in [-0.3, -0.25) is 9.69 Å². The highest BCUT2D eigenvalue weighted by Gasteiger charge is 2.28. The number of ketones is 1. The van der Waals surface area contributed by atoms with Gasteiger partial charge in [-0.15, -0.1) is 5.10 Å². The lowest BCUT2D eigenvalue weighted by molar-refractivity contribution is 0.0804. The average Bonchev–Trinajstić information content (AvgIpc) is 3.04. The van der Waals surface area contributed by atoms with E-state index < -0.39 is 0 Å². The summed E-state index contributed by atoms with van der Waals surface area (Å²) in [6.45, 7) is 8.40. The van der Waals surface area contributed by atoms with E-state index in [1.54, 1.807) is 12.1 Å². The van der Waals surface area contributed by atoms with Gasteiger partial charge in [0.1, 0.15) is 5.82 Å². The molecule has 0 aliphatic carbocycles. The summed E-state index contributed by atoms with van der Waals surface area (Å²) in [5.74, 6) is 0.497. The number of nitrogens with zero attached hydrogens (tertiary/aromatic N) is 5. The number of halogens is 1. The van der Waals surface area contributed by atoms with E-state index in [9.17, 15) is 9.18 Å². The van der Waals surface area contributed by atoms with Gasteiger partial charge in [-0.1, -0.05) is 0 Å². The summed E-state index contributed by atoms with van der Waals surface area (Å²) in [6.07, 6.45) is 1.81. The summed E-state index contributed by atoms with van der Waals surface area (Å²) in [7, 11) is 0. The van der Waals surface area contributed by atoms with Crippen molar-refractivity contribution in [2.45, 2.75) is 45.7 Å². The molecule has 0 spiro atoms. The van der Waals surface area contributed by atoms with Crippen LogP contribution in [0.25, 0.3) is 0 Å². The molecule has 0 unspecified atom stereocenters. The van der Waals surface area contributed by atoms with Gasteiger partial charge in [0, 0.05) is 18.0 Å². The number of carbonyl (C=O) groups excluding carboxylic acids is 1. The van der Waals surface area contributed by atoms with E-state index >= 15 is 0 Å². The number of rotatable bonds is 4. The van der Waals surface area contributed by atoms with E-state index in [0.717, 1.165) is 25.2 Å². The highest BCUT2D eigenvalue weighted by Crippen LogP contribution is 2.23. The molecule has 2 heterocycles. The molecule has 134 valence electrons. The summed E-state index contributed by atoms with van der Waals surface area (Å²) >= 11 is 0. The molecule has 2 aromatic rings. The van der Waals surface area contributed by atoms with Gasteiger partial charge in [-0.05, 0) is 74.8 Å². The molecule has 0 amide bonds. The smallest absolute Gasteiger partial charge is 0.167 e. The lowest BCUT2D eigenvalue weighted by Crippen LogP contribution is -2.39. The lowest BCUT2D eigenvalue weighted by atomic mass is 9.90. The van der Waals surface area contributed by atoms with Crippen LogP contribution in [0.15, 0.2) is 24.3 Å². The van der Waals surface area contributed by atoms with Crippen molar-refractivity contribution in [2.75, 3.05) is 13.1 Å². The molecule has 0 radical (unpaired) electrons. The van der Waals surface area contributed by atoms with E-state index in [0.29, 0.717) is 18.7 Å². The SMILES string of the molecule is CC(C)(C)n1nnnc1CN1CCC[C@H](C(=O)c2ccc(F)cc2)C1. The van der Waals surface area contributed by atoms with Gasteiger partial charge in [-0.25, -0.2) is 9.07 Å². The molecule has 1 aliphatic rings. The maximum atomic E-state index is 13.1. The van der Waals surface area contributed by atoms with E-state index in [2.05, 4.69) is 41.2 Å². The van der Waals surface area contributed by atoms with Crippen molar-refractivity contribution in [2.24, 2.45) is 5.92 Å². The monoisotopic (exact) mass is 345 g/mol. The quantitative estimate of drug-likeness (QED) is 0.797. The Hall–Kier alpha value is -2.15. The molecule has 6 nitrogen and oxygen atoms in total. The molecular formula is C18H24FN5O. The zero-order valence-corrected chi connectivity index (χ0v) is 14.9. The Bertz CT molecular complexity index is 735. The van der Waals surface area contributed by atoms with Crippen molar-refractivity contribution in [3.05, 3.63) is 41.5 Å². The minimum absolute atomic E-state index is 0.0711. The van der Waals surface area contributed by atoms with Crippen LogP contribution in [0, 0.1) is 11.7 Å². The number of Topliss-reactive ketones (excluding diaryl/α,β-unsaturated/α-hetero) is 1. The maximum absolute atomic E-state index is 13.1. The summed E-state index contributed by atoms with van der Waals surface area (Å²) in [6, 6.07) is 5.81. The van der Waals surface area contributed by atoms with Crippen LogP contribution in [0.4, 0.5) is 4.39 Å². The van der Waals surface area contributed by atoms with Crippen molar-refractivity contribution in [3.63, 3.8) is 0 Å². The number of hydrogen-bond acceptors (Lipinski definition) is 5. The molecule has 0 saturated carbocycles. The number of hydrogen-bond donors (Lipinski definition) is 0. The Morgan fingerprint density at radius 2 is 2.00 bits per heavy atom. The Morgan fingerprint density at radius 3 is 2.68 bits per heavy atom. The Kier molecular flexibility index (Phi) is 4.94. The second-order valence-electron chi connectivity index (χ2n) is 7.62. The van der Waals surface area contributed by atoms with Crippen LogP contribution in [0.3, 0.4) is 0 Å². The van der Waals surface area contributed by atoms with Crippen molar-refractivity contribution in [1.29, 1.82) is 0 Å². The zero-order valence-electron chi connectivity index (χ0n) is 14.9. The van der Waals surface area contributed by atoms with Crippen molar-refractivity contribution < 1.29 is 9.18 Å². The van der Waals surface area contributed by atoms with Crippen LogP contribution in [-0.2, 0) is 12.1 Å². The Morgan fingerprint density at radius 1 is 1.28 bits per heavy atom. The van der Waals surface area contributed by atoms with Crippen LogP contribution in [0.1, 0.15) is 49.8 Å². The number of tetrazole rings is 1. The van der Waals surface area contributed by atoms with E-state index in [-0.39, 0.29) is 23.1 Å². The second-order valence-corrected chi connectivity index (χ2v) is 7.62. The molecule has 1 atom stereocenters. The third kappa shape index (κ3) is 4.10. The molecule has 25 heavy (non-hydrogen) atoms. The molecule has 1 aliphatic heterocycles. The normalized spacial score (nSPS) is 19.1. The molecule has 1 aromatic heterocycles. The predicted molar refractivity (Wildman–Crippen MR) is 91.5 cm³/mol. The molecular weight excluding hydrogens is 321 g/mol. The van der Waals surface area contributed by atoms with Gasteiger partial charge in [0.15, 0.2) is 11.6 Å². The van der Waals surface area contributed by atoms with Gasteiger partial charge in [0.2, 0.25) is 0 Å². The highest BCUT2D eigenvalue weighted by molar-refractivity contribution is 5.98. The molecule has 0 N–H and O–H groups in total. The van der Waals surface area contributed by atoms with Crippen LogP contribution in [0.5, 0.6) is 0 Å². The Balaban J connectivity index is 1.68. The summed E-state index contributed by atoms with van der Waals surface area (Å²) in [5, 5.41) is 12.0. The first kappa shape index (κ1) is 17.7. The van der Waals surface area contributed by atoms with Crippen LogP contribution in [0.2, 0.25) is 0 Å². The van der Waals surface area contributed by atoms with Crippen molar-refractivity contribution in [1.82, 2.24) is 25.1 Å². The van der Waals surface area contributed by atoms with Crippen LogP contribution >= 0.6 is 0 Å². The van der Waals surface area contributed by atoms with Crippen LogP contribution in [-0.4, -0.2) is 44.0 Å². The van der Waals surface area contributed by atoms with Gasteiger partial charge >= 0.3 is 0 Å². The highest BCUT2D eigenvalue weighted by atomic mass is 19.1. The minimum Gasteiger partial charge on any atom is -0.295 e. The number of benzene rings is 1. The first-order valence-corrected chi connectivity index (χ1v) is 8.64. The summed E-state index contributed by atoms with van der Waals surface area (Å²) < 4.78 is 14.9. The van der Waals surface area contributed by atoms with E-state index in [1.807, 2.05) is 4.68 Å². The Labute approximate surface area is 147 Å². The van der Waals surface area contributed by atoms with Gasteiger partial charge < -0.3 is 0 Å². The maximum Gasteiger partial charge on any atom is 0.167 e. The molecule has 1 aromatic carbocycles. The molecule has 7 heteroatoms. The predicted octanol–water partition coefficient (Wildman–Crippen LogP) is 2.66. The zero-order chi connectivity index (χ0) is 18.0. The third-order valence-electron chi connectivity index (χ3n) is 4.54. The fourth-order valence-corrected chi connectivity index (χ4v) is 3.29. The van der Waals surface area contributed by atoms with Crippen molar-refractivity contribution in [3.8, 4) is 0 Å². The van der Waals surface area contributed by atoms with Crippen molar-refractivity contribution >= 4 is 5.78 Å². The second kappa shape index (κ2) is 7.00. The number of carbonyl (C=O) groups is 1. The van der Waals surface area contributed by atoms with E-state index in [1.165, 1.54) is 12.1 Å². The molecule has 0 bridgehead atoms. The third-order valence-corrected chi connectivity index (χ3v) is 4.54. The minimum atomic E-state index is -0.323. The average molecular weight is 345 g/mol. The number of likely N-dealkylation sites (tertiary alicyclic amines) is 1. The molecule has 3 rings (SSSR count). The van der Waals surface area contributed by atoms with Gasteiger partial charge in [0.25, 0.3) is 0 Å². The first-order valence-electron chi connectivity index (χ1n) is 8.64. The first-order chi connectivity index (χ1) is 11.8. The topological polar surface area (TPSA) is 63.9 Å². The largest absolute Gasteiger partial charge is 0.295 e. The summed E-state index contributed by atoms with van der Waals surface area (Å²) in [5.41, 5.74) is 0.394. The van der Waals surface area contributed by atoms with Crippen LogP contribution < -0.4 is 0 Å². The fraction of sp³-hybridized carbons (Fsp3) is 0.556. The standard InChI is InChI=1S/C18H24FN5O/c1-18(2,3)24-16(20-21-22-24)12-23-10-4-5-14(11-23)17(25)13-6-8-15(19)9-7-13/h6-9,14H,4-5,10-12H2,1-3H3/t14-/m0/s1. The van der Waals surface area contributed by atoms with Gasteiger partial charge in [0.05, 0.1) is 12.1 Å². The number of aromatic nitrogens is 4. The molecule has 1 saturated heterocycles. The van der Waals surface area contributed by atoms with E-state index in [4.69, 9.17) is 0 Å². The summed E-state index contributed by atoms with van der Waals surface area (Å²) in [4.78, 5) is 14.9. The molecule has 1 fully saturated rings.